The van der Waals surface area contributed by atoms with E-state index in [1.54, 1.807) is 19.2 Å². The fraction of sp³-hybridized carbons (Fsp3) is 0.889. The van der Waals surface area contributed by atoms with Gasteiger partial charge >= 0.3 is 12.3 Å². The lowest BCUT2D eigenvalue weighted by Crippen LogP contribution is -2.47. The molecule has 0 heterocycles. The van der Waals surface area contributed by atoms with Crippen molar-refractivity contribution >= 4 is 5.91 Å². The first-order chi connectivity index (χ1) is 7.16. The molecule has 0 spiro atoms. The van der Waals surface area contributed by atoms with Gasteiger partial charge in [-0.15, -0.1) is 0 Å². The smallest absolute Gasteiger partial charge is 0.324 e. The molecule has 1 atom stereocenters. The zero-order chi connectivity index (χ0) is 12.9. The maximum Gasteiger partial charge on any atom is 0.324 e. The van der Waals surface area contributed by atoms with Crippen molar-refractivity contribution < 1.29 is 22.4 Å². The third-order valence-corrected chi connectivity index (χ3v) is 1.88. The summed E-state index contributed by atoms with van der Waals surface area (Å²) in [5.41, 5.74) is 5.38. The number of halogens is 4. The predicted molar refractivity (Wildman–Crippen MR) is 51.4 cm³/mol. The van der Waals surface area contributed by atoms with Crippen LogP contribution < -0.4 is 11.1 Å². The first kappa shape index (κ1) is 15.2. The molecular formula is C9H16F4N2O. The van der Waals surface area contributed by atoms with Crippen LogP contribution in [0.25, 0.3) is 0 Å². The van der Waals surface area contributed by atoms with Crippen LogP contribution in [0, 0.1) is 5.92 Å². The van der Waals surface area contributed by atoms with Crippen LogP contribution in [0.5, 0.6) is 0 Å². The largest absolute Gasteiger partial charge is 0.348 e. The number of carbonyl (C=O) groups is 1. The predicted octanol–water partition coefficient (Wildman–Crippen LogP) is 1.38. The second-order valence-corrected chi connectivity index (χ2v) is 4.02. The lowest BCUT2D eigenvalue weighted by molar-refractivity contribution is -0.137. The highest BCUT2D eigenvalue weighted by Crippen LogP contribution is 2.21. The fourth-order valence-corrected chi connectivity index (χ4v) is 1.03. The van der Waals surface area contributed by atoms with Crippen molar-refractivity contribution in [1.29, 1.82) is 0 Å². The minimum atomic E-state index is -4.22. The highest BCUT2D eigenvalue weighted by atomic mass is 19.3. The number of carbonyl (C=O) groups excluding carboxylic acids is 1. The summed E-state index contributed by atoms with van der Waals surface area (Å²) >= 11 is 0. The standard InChI is InChI=1S/C9H16F4N2O/c1-5(2)3-6(14)7(16)15-4-9(12,13)8(10)11/h5-6,8H,3-4,14H2,1-2H3,(H,15,16). The Morgan fingerprint density at radius 2 is 1.88 bits per heavy atom. The van der Waals surface area contributed by atoms with Gasteiger partial charge in [-0.3, -0.25) is 4.79 Å². The topological polar surface area (TPSA) is 55.1 Å². The van der Waals surface area contributed by atoms with Crippen molar-refractivity contribution in [2.24, 2.45) is 11.7 Å². The Hall–Kier alpha value is -0.850. The third-order valence-electron chi connectivity index (χ3n) is 1.88. The molecule has 0 rings (SSSR count). The van der Waals surface area contributed by atoms with Crippen LogP contribution >= 0.6 is 0 Å². The molecule has 96 valence electrons. The molecule has 0 bridgehead atoms. The number of hydrogen-bond donors (Lipinski definition) is 2. The van der Waals surface area contributed by atoms with Crippen molar-refractivity contribution in [2.45, 2.75) is 38.7 Å². The average Bonchev–Trinajstić information content (AvgIpc) is 2.12. The lowest BCUT2D eigenvalue weighted by Gasteiger charge is -2.18. The van der Waals surface area contributed by atoms with E-state index in [0.29, 0.717) is 6.42 Å². The van der Waals surface area contributed by atoms with Gasteiger partial charge in [-0.25, -0.2) is 8.78 Å². The Morgan fingerprint density at radius 1 is 1.38 bits per heavy atom. The third kappa shape index (κ3) is 5.29. The van der Waals surface area contributed by atoms with Gasteiger partial charge in [0.15, 0.2) is 0 Å². The van der Waals surface area contributed by atoms with Gasteiger partial charge in [0.1, 0.15) is 0 Å². The van der Waals surface area contributed by atoms with Gasteiger partial charge in [-0.2, -0.15) is 8.78 Å². The molecule has 0 aromatic carbocycles. The quantitative estimate of drug-likeness (QED) is 0.693. The van der Waals surface area contributed by atoms with Crippen LogP contribution in [0.3, 0.4) is 0 Å². The second-order valence-electron chi connectivity index (χ2n) is 4.02. The van der Waals surface area contributed by atoms with Crippen molar-refractivity contribution in [3.05, 3.63) is 0 Å². The molecule has 1 unspecified atom stereocenters. The van der Waals surface area contributed by atoms with Gasteiger partial charge in [0, 0.05) is 0 Å². The normalized spacial score (nSPS) is 14.3. The van der Waals surface area contributed by atoms with Crippen LogP contribution in [0.15, 0.2) is 0 Å². The maximum atomic E-state index is 12.4. The van der Waals surface area contributed by atoms with Gasteiger partial charge in [0.25, 0.3) is 0 Å². The van der Waals surface area contributed by atoms with Gasteiger partial charge in [-0.1, -0.05) is 13.8 Å². The lowest BCUT2D eigenvalue weighted by atomic mass is 10.0. The van der Waals surface area contributed by atoms with Crippen LogP contribution in [-0.4, -0.2) is 30.8 Å². The molecule has 7 heteroatoms. The zero-order valence-electron chi connectivity index (χ0n) is 9.14. The fourth-order valence-electron chi connectivity index (χ4n) is 1.03. The maximum absolute atomic E-state index is 12.4. The average molecular weight is 244 g/mol. The number of nitrogens with two attached hydrogens (primary N) is 1. The van der Waals surface area contributed by atoms with Gasteiger partial charge in [0.2, 0.25) is 5.91 Å². The Morgan fingerprint density at radius 3 is 2.25 bits per heavy atom. The van der Waals surface area contributed by atoms with Gasteiger partial charge < -0.3 is 11.1 Å². The van der Waals surface area contributed by atoms with Crippen molar-refractivity contribution in [3.63, 3.8) is 0 Å². The molecule has 0 saturated carbocycles. The van der Waals surface area contributed by atoms with E-state index in [1.165, 1.54) is 0 Å². The number of rotatable bonds is 6. The van der Waals surface area contributed by atoms with E-state index in [1.807, 2.05) is 0 Å². The van der Waals surface area contributed by atoms with Crippen LogP contribution in [0.4, 0.5) is 17.6 Å². The van der Waals surface area contributed by atoms with Crippen LogP contribution in [0.2, 0.25) is 0 Å². The zero-order valence-corrected chi connectivity index (χ0v) is 9.14. The van der Waals surface area contributed by atoms with Gasteiger partial charge in [0.05, 0.1) is 12.6 Å². The summed E-state index contributed by atoms with van der Waals surface area (Å²) in [6.07, 6.45) is -3.49. The molecule has 0 aromatic heterocycles. The summed E-state index contributed by atoms with van der Waals surface area (Å²) in [6, 6.07) is -0.950. The molecule has 3 nitrogen and oxygen atoms in total. The number of nitrogens with one attached hydrogen (secondary N) is 1. The second kappa shape index (κ2) is 6.03. The molecule has 0 aliphatic heterocycles. The van der Waals surface area contributed by atoms with E-state index in [4.69, 9.17) is 5.73 Å². The summed E-state index contributed by atoms with van der Waals surface area (Å²) in [4.78, 5) is 11.1. The van der Waals surface area contributed by atoms with E-state index < -0.39 is 30.8 Å². The minimum absolute atomic E-state index is 0.122. The number of amides is 1. The molecule has 0 saturated heterocycles. The van der Waals surface area contributed by atoms with Crippen LogP contribution in [-0.2, 0) is 4.79 Å². The Kier molecular flexibility index (Phi) is 5.71. The first-order valence-corrected chi connectivity index (χ1v) is 4.86. The Balaban J connectivity index is 4.07. The van der Waals surface area contributed by atoms with E-state index in [-0.39, 0.29) is 5.92 Å². The van der Waals surface area contributed by atoms with Crippen molar-refractivity contribution in [2.75, 3.05) is 6.54 Å². The molecule has 1 amide bonds. The highest BCUT2D eigenvalue weighted by Gasteiger charge is 2.41. The monoisotopic (exact) mass is 244 g/mol. The van der Waals surface area contributed by atoms with E-state index in [0.717, 1.165) is 0 Å². The van der Waals surface area contributed by atoms with Gasteiger partial charge in [-0.05, 0) is 12.3 Å². The molecule has 0 aromatic rings. The summed E-state index contributed by atoms with van der Waals surface area (Å²) in [7, 11) is 0. The molecule has 0 aliphatic rings. The van der Waals surface area contributed by atoms with Crippen molar-refractivity contribution in [1.82, 2.24) is 5.32 Å². The van der Waals surface area contributed by atoms with E-state index >= 15 is 0 Å². The summed E-state index contributed by atoms with van der Waals surface area (Å²) in [5, 5.41) is 1.72. The van der Waals surface area contributed by atoms with Crippen LogP contribution in [0.1, 0.15) is 20.3 Å². The highest BCUT2D eigenvalue weighted by molar-refractivity contribution is 5.81. The number of hydrogen-bond acceptors (Lipinski definition) is 2. The van der Waals surface area contributed by atoms with E-state index in [2.05, 4.69) is 0 Å². The van der Waals surface area contributed by atoms with E-state index in [9.17, 15) is 22.4 Å². The molecule has 3 N–H and O–H groups in total. The molecule has 0 fully saturated rings. The molecule has 0 radical (unpaired) electrons. The summed E-state index contributed by atoms with van der Waals surface area (Å²) in [5.74, 6) is -4.93. The Bertz CT molecular complexity index is 234. The molecule has 16 heavy (non-hydrogen) atoms. The SMILES string of the molecule is CC(C)CC(N)C(=O)NCC(F)(F)C(F)F. The van der Waals surface area contributed by atoms with Crippen molar-refractivity contribution in [3.8, 4) is 0 Å². The minimum Gasteiger partial charge on any atom is -0.348 e. The number of alkyl halides is 4. The summed E-state index contributed by atoms with van der Waals surface area (Å²) < 4.78 is 48.3. The molecular weight excluding hydrogens is 228 g/mol. The molecule has 0 aliphatic carbocycles. The Labute approximate surface area is 91.4 Å². The summed E-state index contributed by atoms with van der Waals surface area (Å²) in [6.45, 7) is 2.22. The first-order valence-electron chi connectivity index (χ1n) is 4.86.